The van der Waals surface area contributed by atoms with E-state index in [1.54, 1.807) is 35.3 Å². The number of amides is 1. The normalized spacial score (nSPS) is 25.0. The molecule has 33 heavy (non-hydrogen) atoms. The predicted octanol–water partition coefficient (Wildman–Crippen LogP) is 3.54. The number of hydrogen-bond acceptors (Lipinski definition) is 6. The number of benzene rings is 1. The summed E-state index contributed by atoms with van der Waals surface area (Å²) in [5.74, 6) is 1.03. The molecule has 7 nitrogen and oxygen atoms in total. The largest absolute Gasteiger partial charge is 0.454 e. The molecule has 1 aromatic carbocycles. The minimum absolute atomic E-state index is 0.124. The molecule has 0 bridgehead atoms. The minimum atomic E-state index is -0.514. The molecule has 0 N–H and O–H groups in total. The monoisotopic (exact) mass is 451 g/mol. The van der Waals surface area contributed by atoms with E-state index in [1.807, 2.05) is 12.1 Å². The Morgan fingerprint density at radius 2 is 1.48 bits per heavy atom. The van der Waals surface area contributed by atoms with E-state index in [4.69, 9.17) is 23.7 Å². The van der Waals surface area contributed by atoms with Crippen molar-refractivity contribution in [2.24, 2.45) is 0 Å². The molecular formula is C26H29NO6. The van der Waals surface area contributed by atoms with E-state index in [-0.39, 0.29) is 12.7 Å². The van der Waals surface area contributed by atoms with Crippen LogP contribution in [0, 0.1) is 0 Å². The smallest absolute Gasteiger partial charge is 0.255 e. The second-order valence-electron chi connectivity index (χ2n) is 7.82. The van der Waals surface area contributed by atoms with Crippen molar-refractivity contribution in [3.05, 3.63) is 80.0 Å². The van der Waals surface area contributed by atoms with Gasteiger partial charge in [0.15, 0.2) is 11.5 Å². The van der Waals surface area contributed by atoms with E-state index in [2.05, 4.69) is 26.3 Å². The molecule has 0 spiro atoms. The third-order valence-electron chi connectivity index (χ3n) is 5.82. The highest BCUT2D eigenvalue weighted by Crippen LogP contribution is 2.45. The van der Waals surface area contributed by atoms with Gasteiger partial charge < -0.3 is 28.6 Å². The van der Waals surface area contributed by atoms with Gasteiger partial charge in [-0.2, -0.15) is 0 Å². The SMILES string of the molecule is C=CCO[C@@H]1[C@H](OCC=C)[C@@H](OCC=C)C=C2c3cc4c(cc3C(=O)N(CC=C)[C@H]21)OCO4. The molecule has 1 aliphatic carbocycles. The molecule has 0 fully saturated rings. The van der Waals surface area contributed by atoms with Crippen LogP contribution in [0.5, 0.6) is 11.5 Å². The first-order valence-electron chi connectivity index (χ1n) is 10.9. The average Bonchev–Trinajstić information content (AvgIpc) is 3.29. The van der Waals surface area contributed by atoms with Gasteiger partial charge >= 0.3 is 0 Å². The number of hydrogen-bond donors (Lipinski definition) is 0. The first-order valence-corrected chi connectivity index (χ1v) is 10.9. The lowest BCUT2D eigenvalue weighted by molar-refractivity contribution is -0.131. The Hall–Kier alpha value is -3.13. The van der Waals surface area contributed by atoms with Crippen molar-refractivity contribution >= 4 is 11.5 Å². The van der Waals surface area contributed by atoms with Crippen molar-refractivity contribution in [2.45, 2.75) is 24.4 Å². The number of carbonyl (C=O) groups excluding carboxylic acids is 1. The van der Waals surface area contributed by atoms with Crippen LogP contribution < -0.4 is 9.47 Å². The van der Waals surface area contributed by atoms with Crippen molar-refractivity contribution in [3.63, 3.8) is 0 Å². The highest BCUT2D eigenvalue weighted by Gasteiger charge is 2.49. The van der Waals surface area contributed by atoms with Crippen molar-refractivity contribution in [1.29, 1.82) is 0 Å². The molecule has 174 valence electrons. The summed E-state index contributed by atoms with van der Waals surface area (Å²) in [5.41, 5.74) is 2.22. The topological polar surface area (TPSA) is 66.5 Å². The second kappa shape index (κ2) is 10.2. The third kappa shape index (κ3) is 4.27. The van der Waals surface area contributed by atoms with Crippen molar-refractivity contribution in [2.75, 3.05) is 33.2 Å². The van der Waals surface area contributed by atoms with E-state index in [9.17, 15) is 4.79 Å². The van der Waals surface area contributed by atoms with Crippen LogP contribution in [0.1, 0.15) is 15.9 Å². The summed E-state index contributed by atoms with van der Waals surface area (Å²) < 4.78 is 29.6. The van der Waals surface area contributed by atoms with Crippen LogP contribution >= 0.6 is 0 Å². The molecule has 1 amide bonds. The van der Waals surface area contributed by atoms with Crippen LogP contribution in [-0.2, 0) is 14.2 Å². The lowest BCUT2D eigenvalue weighted by atomic mass is 9.78. The van der Waals surface area contributed by atoms with Crippen LogP contribution in [0.15, 0.2) is 68.8 Å². The van der Waals surface area contributed by atoms with E-state index in [0.29, 0.717) is 43.4 Å². The summed E-state index contributed by atoms with van der Waals surface area (Å²) >= 11 is 0. The maximum absolute atomic E-state index is 13.6. The molecule has 0 radical (unpaired) electrons. The van der Waals surface area contributed by atoms with E-state index >= 15 is 0 Å². The van der Waals surface area contributed by atoms with Crippen LogP contribution in [0.25, 0.3) is 5.57 Å². The zero-order valence-corrected chi connectivity index (χ0v) is 18.6. The number of carbonyl (C=O) groups is 1. The first kappa shape index (κ1) is 23.0. The molecule has 4 atom stereocenters. The van der Waals surface area contributed by atoms with E-state index in [0.717, 1.165) is 11.1 Å². The Kier molecular flexibility index (Phi) is 7.13. The van der Waals surface area contributed by atoms with Gasteiger partial charge in [-0.3, -0.25) is 4.79 Å². The number of rotatable bonds is 11. The lowest BCUT2D eigenvalue weighted by Crippen LogP contribution is -2.60. The fourth-order valence-electron chi connectivity index (χ4n) is 4.54. The molecule has 0 aromatic heterocycles. The van der Waals surface area contributed by atoms with Crippen molar-refractivity contribution in [3.8, 4) is 11.5 Å². The first-order chi connectivity index (χ1) is 16.1. The molecule has 2 heterocycles. The molecule has 4 rings (SSSR count). The molecule has 1 aromatic rings. The van der Waals surface area contributed by atoms with Crippen LogP contribution in [0.4, 0.5) is 0 Å². The van der Waals surface area contributed by atoms with E-state index in [1.165, 1.54) is 0 Å². The second-order valence-corrected chi connectivity index (χ2v) is 7.82. The summed E-state index contributed by atoms with van der Waals surface area (Å²) in [7, 11) is 0. The fraction of sp³-hybridized carbons (Fsp3) is 0.346. The van der Waals surface area contributed by atoms with Crippen LogP contribution in [-0.4, -0.2) is 68.3 Å². The predicted molar refractivity (Wildman–Crippen MR) is 125 cm³/mol. The zero-order valence-electron chi connectivity index (χ0n) is 18.6. The number of nitrogens with zero attached hydrogens (tertiary/aromatic N) is 1. The highest BCUT2D eigenvalue weighted by molar-refractivity contribution is 6.05. The molecule has 0 saturated heterocycles. The Balaban J connectivity index is 1.88. The quantitative estimate of drug-likeness (QED) is 0.480. The molecule has 0 unspecified atom stereocenters. The average molecular weight is 452 g/mol. The fourth-order valence-corrected chi connectivity index (χ4v) is 4.54. The van der Waals surface area contributed by atoms with E-state index < -0.39 is 24.4 Å². The van der Waals surface area contributed by atoms with Gasteiger partial charge in [0, 0.05) is 6.54 Å². The molecule has 7 heteroatoms. The molecule has 3 aliphatic rings. The van der Waals surface area contributed by atoms with Gasteiger partial charge in [-0.25, -0.2) is 0 Å². The number of ether oxygens (including phenoxy) is 5. The van der Waals surface area contributed by atoms with Gasteiger partial charge in [0.2, 0.25) is 6.79 Å². The Morgan fingerprint density at radius 3 is 2.12 bits per heavy atom. The maximum Gasteiger partial charge on any atom is 0.255 e. The van der Waals surface area contributed by atoms with Gasteiger partial charge in [-0.15, -0.1) is 26.3 Å². The summed E-state index contributed by atoms with van der Waals surface area (Å²) in [5, 5.41) is 0. The summed E-state index contributed by atoms with van der Waals surface area (Å²) in [6, 6.07) is 3.19. The van der Waals surface area contributed by atoms with Crippen LogP contribution in [0.3, 0.4) is 0 Å². The molecule has 0 saturated carbocycles. The lowest BCUT2D eigenvalue weighted by Gasteiger charge is -2.48. The summed E-state index contributed by atoms with van der Waals surface area (Å²) in [4.78, 5) is 15.4. The molecule has 2 aliphatic heterocycles. The summed E-state index contributed by atoms with van der Waals surface area (Å²) in [6.45, 7) is 16.6. The van der Waals surface area contributed by atoms with Gasteiger partial charge in [-0.05, 0) is 29.3 Å². The van der Waals surface area contributed by atoms with Gasteiger partial charge in [-0.1, -0.05) is 24.3 Å². The van der Waals surface area contributed by atoms with Crippen molar-refractivity contribution < 1.29 is 28.5 Å². The van der Waals surface area contributed by atoms with Crippen molar-refractivity contribution in [1.82, 2.24) is 4.90 Å². The number of fused-ring (bicyclic) bond motifs is 4. The summed E-state index contributed by atoms with van der Waals surface area (Å²) in [6.07, 6.45) is 7.34. The van der Waals surface area contributed by atoms with Gasteiger partial charge in [0.05, 0.1) is 31.4 Å². The molecular weight excluding hydrogens is 422 g/mol. The van der Waals surface area contributed by atoms with Crippen LogP contribution in [0.2, 0.25) is 0 Å². The van der Waals surface area contributed by atoms with Gasteiger partial charge in [0.1, 0.15) is 18.3 Å². The Morgan fingerprint density at radius 1 is 0.879 bits per heavy atom. The Labute approximate surface area is 194 Å². The zero-order chi connectivity index (χ0) is 23.4. The maximum atomic E-state index is 13.6. The van der Waals surface area contributed by atoms with Gasteiger partial charge in [0.25, 0.3) is 5.91 Å². The third-order valence-corrected chi connectivity index (χ3v) is 5.82. The highest BCUT2D eigenvalue weighted by atomic mass is 16.7. The Bertz CT molecular complexity index is 983. The minimum Gasteiger partial charge on any atom is -0.454 e. The standard InChI is InChI=1S/C26H29NO6/c1-5-9-27-23-18(17-13-20-21(33-16-32-20)15-19(17)26(27)28)14-22(29-10-6-2)24(30-11-7-3)25(23)31-12-8-4/h5-8,13-15,22-25H,1-4,9-12,16H2/t22-,23+,24+,25-/m0/s1.